The van der Waals surface area contributed by atoms with Crippen molar-refractivity contribution in [1.29, 1.82) is 0 Å². The van der Waals surface area contributed by atoms with Gasteiger partial charge in [-0.1, -0.05) is 11.6 Å². The predicted octanol–water partition coefficient (Wildman–Crippen LogP) is 1.50. The fraction of sp³-hybridized carbons (Fsp3) is 0.667. The number of nitrogens with two attached hydrogens (primary N) is 1. The third-order valence-electron chi connectivity index (χ3n) is 2.03. The van der Waals surface area contributed by atoms with Crippen LogP contribution in [0.4, 0.5) is 0 Å². The molecule has 0 saturated heterocycles. The van der Waals surface area contributed by atoms with Crippen molar-refractivity contribution in [3.05, 3.63) is 16.9 Å². The van der Waals surface area contributed by atoms with Crippen molar-refractivity contribution in [2.45, 2.75) is 32.4 Å². The molecule has 0 bridgehead atoms. The molecule has 1 unspecified atom stereocenters. The topological polar surface area (TPSA) is 64.1 Å². The van der Waals surface area contributed by atoms with Crippen LogP contribution in [0.3, 0.4) is 0 Å². The Morgan fingerprint density at radius 1 is 1.64 bits per heavy atom. The molecule has 0 aromatic carbocycles. The Morgan fingerprint density at radius 2 is 2.29 bits per heavy atom. The van der Waals surface area contributed by atoms with E-state index in [9.17, 15) is 5.11 Å². The maximum absolute atomic E-state index is 9.79. The summed E-state index contributed by atoms with van der Waals surface area (Å²) in [6, 6.07) is 0.185. The molecular formula is C9H16ClN3O. The Bertz CT molecular complexity index is 298. The smallest absolute Gasteiger partial charge is 0.0983 e. The average Bonchev–Trinajstić information content (AvgIpc) is 2.47. The van der Waals surface area contributed by atoms with Crippen LogP contribution in [0, 0.1) is 0 Å². The molecule has 1 aromatic rings. The molecule has 1 rings (SSSR count). The van der Waals surface area contributed by atoms with Crippen LogP contribution in [0.5, 0.6) is 0 Å². The normalized spacial score (nSPS) is 13.6. The van der Waals surface area contributed by atoms with Crippen molar-refractivity contribution in [1.82, 2.24) is 9.78 Å². The Labute approximate surface area is 88.7 Å². The maximum Gasteiger partial charge on any atom is 0.0983 e. The summed E-state index contributed by atoms with van der Waals surface area (Å²) in [4.78, 5) is 0. The maximum atomic E-state index is 9.79. The van der Waals surface area contributed by atoms with Crippen LogP contribution >= 0.6 is 11.6 Å². The Hall–Kier alpha value is -0.580. The molecule has 0 amide bonds. The van der Waals surface area contributed by atoms with Crippen LogP contribution in [-0.4, -0.2) is 21.4 Å². The lowest BCUT2D eigenvalue weighted by Crippen LogP contribution is -2.14. The van der Waals surface area contributed by atoms with Crippen LogP contribution < -0.4 is 5.73 Å². The van der Waals surface area contributed by atoms with Crippen molar-refractivity contribution in [3.63, 3.8) is 0 Å². The molecule has 0 saturated carbocycles. The standard InChI is InChI=1S/C9H16ClN3O/c1-6(2)13-9(7(10)5-12-13)8(14)3-4-11/h5-6,8,14H,3-4,11H2,1-2H3. The summed E-state index contributed by atoms with van der Waals surface area (Å²) in [7, 11) is 0. The highest BCUT2D eigenvalue weighted by Crippen LogP contribution is 2.26. The van der Waals surface area contributed by atoms with E-state index in [1.54, 1.807) is 10.9 Å². The second-order valence-electron chi connectivity index (χ2n) is 3.51. The number of halogens is 1. The molecule has 0 radical (unpaired) electrons. The molecule has 80 valence electrons. The zero-order valence-corrected chi connectivity index (χ0v) is 9.20. The Morgan fingerprint density at radius 3 is 2.79 bits per heavy atom. The van der Waals surface area contributed by atoms with Crippen LogP contribution in [0.15, 0.2) is 6.20 Å². The number of rotatable bonds is 4. The van der Waals surface area contributed by atoms with E-state index >= 15 is 0 Å². The summed E-state index contributed by atoms with van der Waals surface area (Å²) in [6.45, 7) is 4.41. The molecule has 0 aliphatic heterocycles. The van der Waals surface area contributed by atoms with Gasteiger partial charge in [-0.3, -0.25) is 4.68 Å². The van der Waals surface area contributed by atoms with E-state index in [-0.39, 0.29) is 6.04 Å². The van der Waals surface area contributed by atoms with Gasteiger partial charge in [-0.2, -0.15) is 5.10 Å². The van der Waals surface area contributed by atoms with Gasteiger partial charge in [0, 0.05) is 6.04 Å². The molecule has 1 aromatic heterocycles. The molecule has 0 aliphatic carbocycles. The summed E-state index contributed by atoms with van der Waals surface area (Å²) in [5, 5.41) is 14.4. The lowest BCUT2D eigenvalue weighted by molar-refractivity contribution is 0.157. The molecule has 1 atom stereocenters. The van der Waals surface area contributed by atoms with Crippen molar-refractivity contribution in [2.24, 2.45) is 5.73 Å². The molecule has 4 nitrogen and oxygen atoms in total. The van der Waals surface area contributed by atoms with E-state index in [2.05, 4.69) is 5.10 Å². The number of hydrogen-bond donors (Lipinski definition) is 2. The minimum atomic E-state index is -0.627. The van der Waals surface area contributed by atoms with E-state index in [1.165, 1.54) is 0 Å². The van der Waals surface area contributed by atoms with Crippen LogP contribution in [0.1, 0.15) is 38.1 Å². The largest absolute Gasteiger partial charge is 0.387 e. The Kier molecular flexibility index (Phi) is 3.92. The fourth-order valence-electron chi connectivity index (χ4n) is 1.37. The molecule has 5 heteroatoms. The molecule has 14 heavy (non-hydrogen) atoms. The van der Waals surface area contributed by atoms with Gasteiger partial charge in [-0.05, 0) is 26.8 Å². The van der Waals surface area contributed by atoms with Crippen molar-refractivity contribution in [2.75, 3.05) is 6.54 Å². The second-order valence-corrected chi connectivity index (χ2v) is 3.92. The highest BCUT2D eigenvalue weighted by Gasteiger charge is 2.18. The first-order valence-electron chi connectivity index (χ1n) is 4.69. The van der Waals surface area contributed by atoms with Crippen molar-refractivity contribution < 1.29 is 5.11 Å². The first-order chi connectivity index (χ1) is 6.57. The van der Waals surface area contributed by atoms with E-state index < -0.39 is 6.10 Å². The molecular weight excluding hydrogens is 202 g/mol. The van der Waals surface area contributed by atoms with E-state index in [1.807, 2.05) is 13.8 Å². The average molecular weight is 218 g/mol. The third kappa shape index (κ3) is 2.26. The summed E-state index contributed by atoms with van der Waals surface area (Å²) in [5.74, 6) is 0. The number of aliphatic hydroxyl groups excluding tert-OH is 1. The SMILES string of the molecule is CC(C)n1ncc(Cl)c1C(O)CCN. The van der Waals surface area contributed by atoms with E-state index in [0.29, 0.717) is 23.7 Å². The summed E-state index contributed by atoms with van der Waals surface area (Å²) < 4.78 is 1.72. The zero-order chi connectivity index (χ0) is 10.7. The number of hydrogen-bond acceptors (Lipinski definition) is 3. The van der Waals surface area contributed by atoms with Gasteiger partial charge in [-0.25, -0.2) is 0 Å². The number of nitrogens with zero attached hydrogens (tertiary/aromatic N) is 2. The highest BCUT2D eigenvalue weighted by molar-refractivity contribution is 6.31. The zero-order valence-electron chi connectivity index (χ0n) is 8.44. The summed E-state index contributed by atoms with van der Waals surface area (Å²) >= 11 is 5.94. The Balaban J connectivity index is 2.98. The lowest BCUT2D eigenvalue weighted by Gasteiger charge is -2.15. The first kappa shape index (κ1) is 11.5. The molecule has 3 N–H and O–H groups in total. The second kappa shape index (κ2) is 4.77. The van der Waals surface area contributed by atoms with Crippen LogP contribution in [-0.2, 0) is 0 Å². The van der Waals surface area contributed by atoms with Crippen LogP contribution in [0.2, 0.25) is 5.02 Å². The molecule has 0 fully saturated rings. The molecule has 0 spiro atoms. The van der Waals surface area contributed by atoms with E-state index in [4.69, 9.17) is 17.3 Å². The van der Waals surface area contributed by atoms with Gasteiger partial charge in [-0.15, -0.1) is 0 Å². The number of aromatic nitrogens is 2. The predicted molar refractivity (Wildman–Crippen MR) is 56.3 cm³/mol. The quantitative estimate of drug-likeness (QED) is 0.804. The molecule has 0 aliphatic rings. The number of aliphatic hydroxyl groups is 1. The fourth-order valence-corrected chi connectivity index (χ4v) is 1.62. The van der Waals surface area contributed by atoms with Gasteiger partial charge >= 0.3 is 0 Å². The van der Waals surface area contributed by atoms with Crippen molar-refractivity contribution >= 4 is 11.6 Å². The summed E-state index contributed by atoms with van der Waals surface area (Å²) in [6.07, 6.45) is 1.42. The van der Waals surface area contributed by atoms with Crippen LogP contribution in [0.25, 0.3) is 0 Å². The van der Waals surface area contributed by atoms with Gasteiger partial charge < -0.3 is 10.8 Å². The van der Waals surface area contributed by atoms with Gasteiger partial charge in [0.25, 0.3) is 0 Å². The van der Waals surface area contributed by atoms with Gasteiger partial charge in [0.1, 0.15) is 0 Å². The minimum Gasteiger partial charge on any atom is -0.387 e. The molecule has 1 heterocycles. The minimum absolute atomic E-state index is 0.185. The summed E-state index contributed by atoms with van der Waals surface area (Å²) in [5.41, 5.74) is 6.04. The lowest BCUT2D eigenvalue weighted by atomic mass is 10.2. The van der Waals surface area contributed by atoms with Gasteiger partial charge in [0.05, 0.1) is 23.0 Å². The first-order valence-corrected chi connectivity index (χ1v) is 5.06. The van der Waals surface area contributed by atoms with Gasteiger partial charge in [0.2, 0.25) is 0 Å². The highest BCUT2D eigenvalue weighted by atomic mass is 35.5. The van der Waals surface area contributed by atoms with Crippen molar-refractivity contribution in [3.8, 4) is 0 Å². The third-order valence-corrected chi connectivity index (χ3v) is 2.32. The monoisotopic (exact) mass is 217 g/mol. The van der Waals surface area contributed by atoms with Gasteiger partial charge in [0.15, 0.2) is 0 Å². The van der Waals surface area contributed by atoms with E-state index in [0.717, 1.165) is 0 Å².